The van der Waals surface area contributed by atoms with Crippen LogP contribution in [0.5, 0.6) is 0 Å². The lowest BCUT2D eigenvalue weighted by Crippen LogP contribution is -2.05. The Bertz CT molecular complexity index is 317. The first-order valence-corrected chi connectivity index (χ1v) is 3.87. The molecule has 0 aliphatic carbocycles. The van der Waals surface area contributed by atoms with Crippen LogP contribution in [-0.2, 0) is 4.74 Å². The largest absolute Gasteiger partial charge is 0.462 e. The van der Waals surface area contributed by atoms with Crippen LogP contribution in [0.25, 0.3) is 0 Å². The number of nitrogens with two attached hydrogens (primary N) is 1. The van der Waals surface area contributed by atoms with E-state index >= 15 is 0 Å². The summed E-state index contributed by atoms with van der Waals surface area (Å²) in [6.45, 7) is 3.49. The van der Waals surface area contributed by atoms with E-state index in [2.05, 4.69) is 9.72 Å². The number of aryl methyl sites for hydroxylation is 1. The number of rotatable bonds is 2. The first-order valence-electron chi connectivity index (χ1n) is 3.87. The minimum absolute atomic E-state index is 0.0488. The Morgan fingerprint density at radius 1 is 1.69 bits per heavy atom. The minimum Gasteiger partial charge on any atom is -0.462 e. The Kier molecular flexibility index (Phi) is 2.67. The quantitative estimate of drug-likeness (QED) is 0.687. The van der Waals surface area contributed by atoms with Crippen molar-refractivity contribution < 1.29 is 13.9 Å². The molecule has 0 spiro atoms. The van der Waals surface area contributed by atoms with Gasteiger partial charge in [-0.1, -0.05) is 0 Å². The molecule has 72 valence electrons. The Morgan fingerprint density at radius 2 is 2.31 bits per heavy atom. The first-order chi connectivity index (χ1) is 6.06. The number of oxazole rings is 1. The molecule has 0 saturated heterocycles. The van der Waals surface area contributed by atoms with Gasteiger partial charge in [0.1, 0.15) is 5.76 Å². The van der Waals surface area contributed by atoms with Crippen LogP contribution < -0.4 is 5.73 Å². The van der Waals surface area contributed by atoms with Gasteiger partial charge in [-0.15, -0.1) is 0 Å². The molecule has 1 aromatic heterocycles. The van der Waals surface area contributed by atoms with Crippen molar-refractivity contribution in [1.29, 1.82) is 0 Å². The van der Waals surface area contributed by atoms with E-state index in [1.807, 2.05) is 0 Å². The zero-order valence-electron chi connectivity index (χ0n) is 7.83. The van der Waals surface area contributed by atoms with E-state index in [4.69, 9.17) is 10.2 Å². The van der Waals surface area contributed by atoms with E-state index in [9.17, 15) is 4.79 Å². The van der Waals surface area contributed by atoms with Gasteiger partial charge in [-0.05, 0) is 13.8 Å². The van der Waals surface area contributed by atoms with Crippen LogP contribution in [0.1, 0.15) is 35.1 Å². The van der Waals surface area contributed by atoms with E-state index in [0.717, 1.165) is 0 Å². The van der Waals surface area contributed by atoms with Gasteiger partial charge in [-0.3, -0.25) is 0 Å². The highest BCUT2D eigenvalue weighted by Crippen LogP contribution is 2.16. The zero-order chi connectivity index (χ0) is 10.0. The predicted octanol–water partition coefficient (Wildman–Crippen LogP) is 0.789. The maximum Gasteiger partial charge on any atom is 0.394 e. The van der Waals surface area contributed by atoms with Crippen LogP contribution >= 0.6 is 0 Å². The summed E-state index contributed by atoms with van der Waals surface area (Å²) in [4.78, 5) is 14.9. The molecule has 0 aliphatic heterocycles. The summed E-state index contributed by atoms with van der Waals surface area (Å²) in [6.07, 6.45) is 0. The normalized spacial score (nSPS) is 12.6. The summed E-state index contributed by atoms with van der Waals surface area (Å²) in [5.41, 5.74) is 6.20. The van der Waals surface area contributed by atoms with Crippen LogP contribution in [0.2, 0.25) is 0 Å². The maximum absolute atomic E-state index is 11.0. The third-order valence-electron chi connectivity index (χ3n) is 1.61. The summed E-state index contributed by atoms with van der Waals surface area (Å²) in [5, 5.41) is 0. The van der Waals surface area contributed by atoms with Crippen LogP contribution in [0.15, 0.2) is 4.42 Å². The second-order valence-corrected chi connectivity index (χ2v) is 2.75. The van der Waals surface area contributed by atoms with Gasteiger partial charge in [0.2, 0.25) is 0 Å². The number of esters is 1. The smallest absolute Gasteiger partial charge is 0.394 e. The maximum atomic E-state index is 11.0. The number of hydrogen-bond donors (Lipinski definition) is 1. The fraction of sp³-hybridized carbons (Fsp3) is 0.500. The van der Waals surface area contributed by atoms with E-state index in [1.54, 1.807) is 13.8 Å². The monoisotopic (exact) mass is 184 g/mol. The number of carbonyl (C=O) groups is 1. The molecule has 0 aromatic carbocycles. The SMILES string of the molecule is COC(=O)c1nc(C)c(C(C)N)o1. The molecule has 5 nitrogen and oxygen atoms in total. The molecule has 1 unspecified atom stereocenters. The zero-order valence-corrected chi connectivity index (χ0v) is 7.83. The second kappa shape index (κ2) is 3.57. The second-order valence-electron chi connectivity index (χ2n) is 2.75. The number of methoxy groups -OCH3 is 1. The van der Waals surface area contributed by atoms with Crippen LogP contribution in [0.4, 0.5) is 0 Å². The third-order valence-corrected chi connectivity index (χ3v) is 1.61. The predicted molar refractivity (Wildman–Crippen MR) is 45.2 cm³/mol. The summed E-state index contributed by atoms with van der Waals surface area (Å²) in [6, 6.07) is -0.272. The van der Waals surface area contributed by atoms with Gasteiger partial charge < -0.3 is 14.9 Å². The van der Waals surface area contributed by atoms with Gasteiger partial charge in [0.05, 0.1) is 18.8 Å². The van der Waals surface area contributed by atoms with Crippen molar-refractivity contribution in [2.24, 2.45) is 5.73 Å². The van der Waals surface area contributed by atoms with Crippen molar-refractivity contribution in [2.45, 2.75) is 19.9 Å². The average Bonchev–Trinajstić information content (AvgIpc) is 2.46. The Labute approximate surface area is 75.9 Å². The molecule has 1 heterocycles. The summed E-state index contributed by atoms with van der Waals surface area (Å²) in [5.74, 6) is -0.122. The molecule has 0 saturated carbocycles. The number of aromatic nitrogens is 1. The Morgan fingerprint density at radius 3 is 2.69 bits per heavy atom. The van der Waals surface area contributed by atoms with E-state index < -0.39 is 5.97 Å². The standard InChI is InChI=1S/C8H12N2O3/c1-4(9)6-5(2)10-7(13-6)8(11)12-3/h4H,9H2,1-3H3. The van der Waals surface area contributed by atoms with Crippen LogP contribution in [-0.4, -0.2) is 18.1 Å². The van der Waals surface area contributed by atoms with Gasteiger partial charge in [0.15, 0.2) is 0 Å². The highest BCUT2D eigenvalue weighted by molar-refractivity contribution is 5.84. The van der Waals surface area contributed by atoms with E-state index in [1.165, 1.54) is 7.11 Å². The number of hydrogen-bond acceptors (Lipinski definition) is 5. The topological polar surface area (TPSA) is 78.3 Å². The number of ether oxygens (including phenoxy) is 1. The van der Waals surface area contributed by atoms with E-state index in [-0.39, 0.29) is 11.9 Å². The lowest BCUT2D eigenvalue weighted by Gasteiger charge is -1.98. The fourth-order valence-electron chi connectivity index (χ4n) is 1.01. The molecule has 0 radical (unpaired) electrons. The Balaban J connectivity index is 3.02. The molecule has 1 aromatic rings. The molecule has 0 aliphatic rings. The summed E-state index contributed by atoms with van der Waals surface area (Å²) in [7, 11) is 1.27. The molecule has 1 atom stereocenters. The lowest BCUT2D eigenvalue weighted by molar-refractivity contribution is 0.0553. The molecule has 0 fully saturated rings. The van der Waals surface area contributed by atoms with Crippen LogP contribution in [0, 0.1) is 6.92 Å². The average molecular weight is 184 g/mol. The molecular weight excluding hydrogens is 172 g/mol. The van der Waals surface area contributed by atoms with Gasteiger partial charge >= 0.3 is 11.9 Å². The minimum atomic E-state index is -0.588. The summed E-state index contributed by atoms with van der Waals surface area (Å²) >= 11 is 0. The number of nitrogens with zero attached hydrogens (tertiary/aromatic N) is 1. The van der Waals surface area contributed by atoms with Crippen molar-refractivity contribution in [3.63, 3.8) is 0 Å². The molecule has 2 N–H and O–H groups in total. The molecule has 0 amide bonds. The lowest BCUT2D eigenvalue weighted by atomic mass is 10.2. The van der Waals surface area contributed by atoms with Gasteiger partial charge in [-0.25, -0.2) is 9.78 Å². The fourth-order valence-corrected chi connectivity index (χ4v) is 1.01. The molecule has 13 heavy (non-hydrogen) atoms. The first kappa shape index (κ1) is 9.73. The third kappa shape index (κ3) is 1.86. The van der Waals surface area contributed by atoms with Crippen molar-refractivity contribution in [3.05, 3.63) is 17.3 Å². The highest BCUT2D eigenvalue weighted by Gasteiger charge is 2.18. The van der Waals surface area contributed by atoms with Crippen molar-refractivity contribution in [3.8, 4) is 0 Å². The molecule has 5 heteroatoms. The molecule has 0 bridgehead atoms. The van der Waals surface area contributed by atoms with Gasteiger partial charge in [0.25, 0.3) is 0 Å². The van der Waals surface area contributed by atoms with Gasteiger partial charge in [-0.2, -0.15) is 0 Å². The van der Waals surface area contributed by atoms with Crippen molar-refractivity contribution in [1.82, 2.24) is 4.98 Å². The van der Waals surface area contributed by atoms with Crippen molar-refractivity contribution in [2.75, 3.05) is 7.11 Å². The molecule has 1 rings (SSSR count). The summed E-state index contributed by atoms with van der Waals surface area (Å²) < 4.78 is 9.57. The highest BCUT2D eigenvalue weighted by atomic mass is 16.5. The van der Waals surface area contributed by atoms with Crippen molar-refractivity contribution >= 4 is 5.97 Å². The van der Waals surface area contributed by atoms with Crippen LogP contribution in [0.3, 0.4) is 0 Å². The Hall–Kier alpha value is -1.36. The number of carbonyl (C=O) groups excluding carboxylic acids is 1. The van der Waals surface area contributed by atoms with E-state index in [0.29, 0.717) is 11.5 Å². The molecular formula is C8H12N2O3. The van der Waals surface area contributed by atoms with Gasteiger partial charge in [0, 0.05) is 0 Å².